The second kappa shape index (κ2) is 8.71. The standard InChI is InChI=1S/C22H28N2O3S/c1-7-12-24(6)28(26,27)20-10-8-19(9-11-20)23-14-21-15(2)13-16(3)22(17(21)4)18(5)25/h7-11,13,23H,1,12,14H2,2-6H3. The van der Waals surface area contributed by atoms with Gasteiger partial charge in [0, 0.05) is 31.4 Å². The zero-order valence-electron chi connectivity index (χ0n) is 17.2. The second-order valence-corrected chi connectivity index (χ2v) is 9.04. The summed E-state index contributed by atoms with van der Waals surface area (Å²) in [6.45, 7) is 11.9. The number of likely N-dealkylation sites (N-methyl/N-ethyl adjacent to an activating group) is 1. The molecule has 0 amide bonds. The lowest BCUT2D eigenvalue weighted by Gasteiger charge is -2.18. The molecule has 5 nitrogen and oxygen atoms in total. The highest BCUT2D eigenvalue weighted by Crippen LogP contribution is 2.24. The minimum Gasteiger partial charge on any atom is -0.381 e. The van der Waals surface area contributed by atoms with Crippen molar-refractivity contribution in [2.24, 2.45) is 0 Å². The topological polar surface area (TPSA) is 66.5 Å². The van der Waals surface area contributed by atoms with Crippen molar-refractivity contribution in [2.45, 2.75) is 39.1 Å². The van der Waals surface area contributed by atoms with E-state index in [4.69, 9.17) is 0 Å². The van der Waals surface area contributed by atoms with Gasteiger partial charge in [-0.15, -0.1) is 6.58 Å². The number of aryl methyl sites for hydroxylation is 2. The summed E-state index contributed by atoms with van der Waals surface area (Å²) >= 11 is 0. The van der Waals surface area contributed by atoms with Gasteiger partial charge in [-0.05, 0) is 74.2 Å². The van der Waals surface area contributed by atoms with Crippen molar-refractivity contribution in [1.82, 2.24) is 4.31 Å². The molecule has 0 aliphatic carbocycles. The number of Topliss-reactive ketones (excluding diaryl/α,β-unsaturated/α-hetero) is 1. The van der Waals surface area contributed by atoms with Crippen molar-refractivity contribution < 1.29 is 13.2 Å². The summed E-state index contributed by atoms with van der Waals surface area (Å²) in [4.78, 5) is 12.2. The number of carbonyl (C=O) groups excluding carboxylic acids is 1. The number of ketones is 1. The first-order chi connectivity index (χ1) is 13.1. The van der Waals surface area contributed by atoms with Crippen LogP contribution in [-0.4, -0.2) is 32.1 Å². The van der Waals surface area contributed by atoms with E-state index in [1.807, 2.05) is 26.8 Å². The van der Waals surface area contributed by atoms with Crippen molar-refractivity contribution in [2.75, 3.05) is 18.9 Å². The van der Waals surface area contributed by atoms with Gasteiger partial charge in [0.25, 0.3) is 0 Å². The molecule has 0 heterocycles. The fraction of sp³-hybridized carbons (Fsp3) is 0.318. The second-order valence-electron chi connectivity index (χ2n) is 7.00. The molecule has 0 bridgehead atoms. The molecule has 2 aromatic rings. The Bertz CT molecular complexity index is 993. The van der Waals surface area contributed by atoms with E-state index in [0.717, 1.165) is 33.5 Å². The molecule has 0 aliphatic rings. The molecule has 1 N–H and O–H groups in total. The number of hydrogen-bond donors (Lipinski definition) is 1. The third-order valence-corrected chi connectivity index (χ3v) is 6.74. The van der Waals surface area contributed by atoms with Crippen molar-refractivity contribution in [3.05, 3.63) is 70.8 Å². The number of rotatable bonds is 8. The molecule has 6 heteroatoms. The molecular formula is C22H28N2O3S. The van der Waals surface area contributed by atoms with Crippen molar-refractivity contribution >= 4 is 21.5 Å². The zero-order valence-corrected chi connectivity index (χ0v) is 18.0. The Morgan fingerprint density at radius 1 is 1.14 bits per heavy atom. The van der Waals surface area contributed by atoms with Crippen LogP contribution >= 0.6 is 0 Å². The number of hydrogen-bond acceptors (Lipinski definition) is 4. The number of carbonyl (C=O) groups is 1. The van der Waals surface area contributed by atoms with E-state index in [1.165, 1.54) is 11.4 Å². The van der Waals surface area contributed by atoms with E-state index < -0.39 is 10.0 Å². The maximum atomic E-state index is 12.5. The number of sulfonamides is 1. The van der Waals surface area contributed by atoms with Gasteiger partial charge in [-0.25, -0.2) is 8.42 Å². The Morgan fingerprint density at radius 2 is 1.75 bits per heavy atom. The van der Waals surface area contributed by atoms with Crippen LogP contribution in [0.25, 0.3) is 0 Å². The van der Waals surface area contributed by atoms with Crippen molar-refractivity contribution in [3.63, 3.8) is 0 Å². The Balaban J connectivity index is 2.22. The molecule has 150 valence electrons. The summed E-state index contributed by atoms with van der Waals surface area (Å²) in [5.74, 6) is 0.0643. The van der Waals surface area contributed by atoms with Crippen LogP contribution in [0.5, 0.6) is 0 Å². The molecule has 0 aromatic heterocycles. The summed E-state index contributed by atoms with van der Waals surface area (Å²) in [5, 5.41) is 3.33. The third kappa shape index (κ3) is 4.51. The highest BCUT2D eigenvalue weighted by Gasteiger charge is 2.19. The first-order valence-electron chi connectivity index (χ1n) is 9.11. The van der Waals surface area contributed by atoms with Crippen LogP contribution in [0, 0.1) is 20.8 Å². The van der Waals surface area contributed by atoms with E-state index in [2.05, 4.69) is 11.9 Å². The van der Waals surface area contributed by atoms with Crippen molar-refractivity contribution in [3.8, 4) is 0 Å². The summed E-state index contributed by atoms with van der Waals surface area (Å²) in [6.07, 6.45) is 1.55. The molecule has 0 unspecified atom stereocenters. The highest BCUT2D eigenvalue weighted by molar-refractivity contribution is 7.89. The summed E-state index contributed by atoms with van der Waals surface area (Å²) in [6, 6.07) is 8.71. The lowest BCUT2D eigenvalue weighted by Crippen LogP contribution is -2.26. The minimum atomic E-state index is -3.52. The largest absolute Gasteiger partial charge is 0.381 e. The van der Waals surface area contributed by atoms with Gasteiger partial charge in [-0.2, -0.15) is 4.31 Å². The van der Waals surface area contributed by atoms with Crippen LogP contribution in [0.15, 0.2) is 47.9 Å². The lowest BCUT2D eigenvalue weighted by atomic mass is 9.91. The molecule has 0 spiro atoms. The average Bonchev–Trinajstić information content (AvgIpc) is 2.61. The molecule has 0 aliphatic heterocycles. The van der Waals surface area contributed by atoms with Crippen LogP contribution in [0.2, 0.25) is 0 Å². The molecule has 0 saturated heterocycles. The zero-order chi connectivity index (χ0) is 21.1. The predicted molar refractivity (Wildman–Crippen MR) is 114 cm³/mol. The Labute approximate surface area is 168 Å². The summed E-state index contributed by atoms with van der Waals surface area (Å²) in [7, 11) is -2.00. The lowest BCUT2D eigenvalue weighted by molar-refractivity contribution is 0.101. The van der Waals surface area contributed by atoms with Crippen LogP contribution in [0.4, 0.5) is 5.69 Å². The van der Waals surface area contributed by atoms with Gasteiger partial charge in [0.1, 0.15) is 0 Å². The Morgan fingerprint density at radius 3 is 2.29 bits per heavy atom. The Kier molecular flexibility index (Phi) is 6.80. The van der Waals surface area contributed by atoms with E-state index >= 15 is 0 Å². The quantitative estimate of drug-likeness (QED) is 0.532. The number of anilines is 1. The van der Waals surface area contributed by atoms with Crippen molar-refractivity contribution in [1.29, 1.82) is 0 Å². The van der Waals surface area contributed by atoms with Gasteiger partial charge in [-0.1, -0.05) is 12.1 Å². The van der Waals surface area contributed by atoms with Crippen LogP contribution in [0.1, 0.15) is 39.5 Å². The third-order valence-electron chi connectivity index (χ3n) is 4.90. The van der Waals surface area contributed by atoms with E-state index in [1.54, 1.807) is 37.3 Å². The molecule has 2 aromatic carbocycles. The maximum Gasteiger partial charge on any atom is 0.243 e. The van der Waals surface area contributed by atoms with E-state index in [-0.39, 0.29) is 17.2 Å². The molecule has 0 fully saturated rings. The first-order valence-corrected chi connectivity index (χ1v) is 10.5. The smallest absolute Gasteiger partial charge is 0.243 e. The number of nitrogens with one attached hydrogen (secondary N) is 1. The molecular weight excluding hydrogens is 372 g/mol. The van der Waals surface area contributed by atoms with Crippen LogP contribution in [0.3, 0.4) is 0 Å². The minimum absolute atomic E-state index is 0.0643. The molecule has 0 atom stereocenters. The summed E-state index contributed by atoms with van der Waals surface area (Å²) < 4.78 is 26.2. The first kappa shape index (κ1) is 21.9. The van der Waals surface area contributed by atoms with Gasteiger partial charge in [0.05, 0.1) is 4.90 Å². The van der Waals surface area contributed by atoms with Gasteiger partial charge in [0.2, 0.25) is 10.0 Å². The SMILES string of the molecule is C=CCN(C)S(=O)(=O)c1ccc(NCc2c(C)cc(C)c(C(C)=O)c2C)cc1. The normalized spacial score (nSPS) is 11.5. The molecule has 0 radical (unpaired) electrons. The summed E-state index contributed by atoms with van der Waals surface area (Å²) in [5.41, 5.74) is 5.77. The number of nitrogens with zero attached hydrogens (tertiary/aromatic N) is 1. The van der Waals surface area contributed by atoms with Crippen LogP contribution < -0.4 is 5.32 Å². The monoisotopic (exact) mass is 400 g/mol. The van der Waals surface area contributed by atoms with Crippen LogP contribution in [-0.2, 0) is 16.6 Å². The predicted octanol–water partition coefficient (Wildman–Crippen LogP) is 4.23. The number of benzene rings is 2. The van der Waals surface area contributed by atoms with Gasteiger partial charge in [-0.3, -0.25) is 4.79 Å². The molecule has 28 heavy (non-hydrogen) atoms. The maximum absolute atomic E-state index is 12.5. The average molecular weight is 401 g/mol. The Hall–Kier alpha value is -2.44. The van der Waals surface area contributed by atoms with Gasteiger partial charge in [0.15, 0.2) is 5.78 Å². The van der Waals surface area contributed by atoms with Gasteiger partial charge >= 0.3 is 0 Å². The molecule has 0 saturated carbocycles. The fourth-order valence-corrected chi connectivity index (χ4v) is 4.58. The highest BCUT2D eigenvalue weighted by atomic mass is 32.2. The van der Waals surface area contributed by atoms with E-state index in [9.17, 15) is 13.2 Å². The molecule has 2 rings (SSSR count). The van der Waals surface area contributed by atoms with E-state index in [0.29, 0.717) is 6.54 Å². The van der Waals surface area contributed by atoms with Gasteiger partial charge < -0.3 is 5.32 Å². The fourth-order valence-electron chi connectivity index (χ4n) is 3.44.